The van der Waals surface area contributed by atoms with Crippen LogP contribution in [0.1, 0.15) is 25.8 Å². The van der Waals surface area contributed by atoms with E-state index >= 15 is 0 Å². The van der Waals surface area contributed by atoms with Gasteiger partial charge in [-0.1, -0.05) is 48.1 Å². The molecule has 1 aromatic heterocycles. The number of aromatic nitrogens is 2. The van der Waals surface area contributed by atoms with Crippen LogP contribution in [0.25, 0.3) is 0 Å². The molecule has 1 unspecified atom stereocenters. The minimum Gasteiger partial charge on any atom is -0.353 e. The van der Waals surface area contributed by atoms with Gasteiger partial charge in [0.25, 0.3) is 0 Å². The summed E-state index contributed by atoms with van der Waals surface area (Å²) in [4.78, 5) is 21.8. The maximum atomic E-state index is 11.9. The molecule has 4 nitrogen and oxygen atoms in total. The average molecular weight is 348 g/mol. The lowest BCUT2D eigenvalue weighted by molar-refractivity contribution is -0.119. The van der Waals surface area contributed by atoms with E-state index in [9.17, 15) is 4.79 Å². The summed E-state index contributed by atoms with van der Waals surface area (Å²) in [6, 6.07) is 8.46. The SMILES string of the molecule is CCC(C)NC(=O)CSc1nccnc1Sc1cccc(C)c1. The van der Waals surface area contributed by atoms with Crippen molar-refractivity contribution in [3.63, 3.8) is 0 Å². The van der Waals surface area contributed by atoms with Crippen molar-refractivity contribution in [2.75, 3.05) is 5.75 Å². The van der Waals surface area contributed by atoms with Gasteiger partial charge in [-0.25, -0.2) is 9.97 Å². The number of nitrogens with zero attached hydrogens (tertiary/aromatic N) is 2. The first-order valence-corrected chi connectivity index (χ1v) is 9.36. The van der Waals surface area contributed by atoms with Crippen LogP contribution in [-0.4, -0.2) is 27.7 Å². The first-order valence-electron chi connectivity index (χ1n) is 7.56. The minimum absolute atomic E-state index is 0.0292. The summed E-state index contributed by atoms with van der Waals surface area (Å²) in [5.74, 6) is 0.381. The van der Waals surface area contributed by atoms with Crippen molar-refractivity contribution in [3.8, 4) is 0 Å². The number of amides is 1. The van der Waals surface area contributed by atoms with Crippen molar-refractivity contribution in [1.29, 1.82) is 0 Å². The lowest BCUT2D eigenvalue weighted by Gasteiger charge is -2.11. The number of rotatable bonds is 7. The predicted molar refractivity (Wildman–Crippen MR) is 96.0 cm³/mol. The van der Waals surface area contributed by atoms with Crippen LogP contribution < -0.4 is 5.32 Å². The van der Waals surface area contributed by atoms with Crippen molar-refractivity contribution >= 4 is 29.4 Å². The Morgan fingerprint density at radius 2 is 2.00 bits per heavy atom. The van der Waals surface area contributed by atoms with E-state index < -0.39 is 0 Å². The number of aryl methyl sites for hydroxylation is 1. The van der Waals surface area contributed by atoms with Crippen LogP contribution in [0.3, 0.4) is 0 Å². The Labute approximate surface area is 145 Å². The van der Waals surface area contributed by atoms with E-state index in [1.807, 2.05) is 13.0 Å². The Kier molecular flexibility index (Phi) is 6.92. The van der Waals surface area contributed by atoms with E-state index in [-0.39, 0.29) is 11.9 Å². The zero-order valence-electron chi connectivity index (χ0n) is 13.6. The normalized spacial score (nSPS) is 12.0. The van der Waals surface area contributed by atoms with Crippen LogP contribution in [0.5, 0.6) is 0 Å². The second-order valence-electron chi connectivity index (χ2n) is 5.25. The molecule has 2 aromatic rings. The third-order valence-electron chi connectivity index (χ3n) is 3.20. The molecule has 23 heavy (non-hydrogen) atoms. The number of hydrogen-bond donors (Lipinski definition) is 1. The predicted octanol–water partition coefficient (Wildman–Crippen LogP) is 3.94. The molecule has 1 atom stereocenters. The largest absolute Gasteiger partial charge is 0.353 e. The van der Waals surface area contributed by atoms with Crippen molar-refractivity contribution in [2.45, 2.75) is 48.2 Å². The molecule has 1 N–H and O–H groups in total. The second kappa shape index (κ2) is 8.93. The minimum atomic E-state index is 0.0292. The van der Waals surface area contributed by atoms with Gasteiger partial charge in [0, 0.05) is 23.3 Å². The number of carbonyl (C=O) groups is 1. The monoisotopic (exact) mass is 347 g/mol. The summed E-state index contributed by atoms with van der Waals surface area (Å²) in [5.41, 5.74) is 1.21. The van der Waals surface area contributed by atoms with Gasteiger partial charge in [0.1, 0.15) is 10.1 Å². The Balaban J connectivity index is 2.01. The first kappa shape index (κ1) is 17.8. The molecular formula is C17H21N3OS2. The van der Waals surface area contributed by atoms with Gasteiger partial charge in [-0.2, -0.15) is 0 Å². The van der Waals surface area contributed by atoms with Crippen LogP contribution in [0.2, 0.25) is 0 Å². The van der Waals surface area contributed by atoms with E-state index in [1.54, 1.807) is 24.2 Å². The lowest BCUT2D eigenvalue weighted by atomic mass is 10.2. The summed E-state index contributed by atoms with van der Waals surface area (Å²) in [7, 11) is 0. The van der Waals surface area contributed by atoms with Gasteiger partial charge < -0.3 is 5.32 Å². The number of benzene rings is 1. The summed E-state index contributed by atoms with van der Waals surface area (Å²) in [6.45, 7) is 6.12. The van der Waals surface area contributed by atoms with Gasteiger partial charge in [-0.15, -0.1) is 0 Å². The topological polar surface area (TPSA) is 54.9 Å². The van der Waals surface area contributed by atoms with Crippen LogP contribution >= 0.6 is 23.5 Å². The average Bonchev–Trinajstić information content (AvgIpc) is 2.54. The molecule has 0 radical (unpaired) electrons. The highest BCUT2D eigenvalue weighted by molar-refractivity contribution is 8.02. The fraction of sp³-hybridized carbons (Fsp3) is 0.353. The standard InChI is InChI=1S/C17H21N3OS2/c1-4-13(3)20-15(21)11-22-16-17(19-9-8-18-16)23-14-7-5-6-12(2)10-14/h5-10,13H,4,11H2,1-3H3,(H,20,21). The molecule has 1 amide bonds. The molecular weight excluding hydrogens is 326 g/mol. The van der Waals surface area contributed by atoms with Crippen molar-refractivity contribution in [2.24, 2.45) is 0 Å². The summed E-state index contributed by atoms with van der Waals surface area (Å²) in [6.07, 6.45) is 4.27. The number of hydrogen-bond acceptors (Lipinski definition) is 5. The van der Waals surface area contributed by atoms with E-state index in [0.29, 0.717) is 5.75 Å². The molecule has 0 saturated carbocycles. The highest BCUT2D eigenvalue weighted by Crippen LogP contribution is 2.32. The molecule has 0 spiro atoms. The third kappa shape index (κ3) is 5.88. The number of thioether (sulfide) groups is 1. The van der Waals surface area contributed by atoms with E-state index in [4.69, 9.17) is 0 Å². The van der Waals surface area contributed by atoms with Gasteiger partial charge in [0.15, 0.2) is 0 Å². The molecule has 1 heterocycles. The maximum absolute atomic E-state index is 11.9. The fourth-order valence-electron chi connectivity index (χ4n) is 1.82. The smallest absolute Gasteiger partial charge is 0.230 e. The Morgan fingerprint density at radius 3 is 2.70 bits per heavy atom. The van der Waals surface area contributed by atoms with Gasteiger partial charge >= 0.3 is 0 Å². The van der Waals surface area contributed by atoms with E-state index in [2.05, 4.69) is 47.3 Å². The molecule has 0 bridgehead atoms. The van der Waals surface area contributed by atoms with Crippen molar-refractivity contribution < 1.29 is 4.79 Å². The van der Waals surface area contributed by atoms with E-state index in [1.165, 1.54) is 17.3 Å². The Bertz CT molecular complexity index is 664. The van der Waals surface area contributed by atoms with Crippen LogP contribution in [0.4, 0.5) is 0 Å². The molecule has 0 aliphatic rings. The zero-order chi connectivity index (χ0) is 16.7. The van der Waals surface area contributed by atoms with Gasteiger partial charge in [-0.05, 0) is 32.4 Å². The summed E-state index contributed by atoms with van der Waals surface area (Å²) in [5, 5.41) is 4.58. The number of carbonyl (C=O) groups excluding carboxylic acids is 1. The molecule has 0 aliphatic carbocycles. The fourth-order valence-corrected chi connectivity index (χ4v) is 3.66. The first-order chi connectivity index (χ1) is 11.1. The second-order valence-corrected chi connectivity index (χ2v) is 7.28. The van der Waals surface area contributed by atoms with Gasteiger partial charge in [-0.3, -0.25) is 4.79 Å². The summed E-state index contributed by atoms with van der Waals surface area (Å²) < 4.78 is 0. The third-order valence-corrected chi connectivity index (χ3v) is 5.29. The molecule has 6 heteroatoms. The highest BCUT2D eigenvalue weighted by Gasteiger charge is 2.11. The zero-order valence-corrected chi connectivity index (χ0v) is 15.2. The van der Waals surface area contributed by atoms with Crippen LogP contribution in [0, 0.1) is 6.92 Å². The van der Waals surface area contributed by atoms with Gasteiger partial charge in [0.05, 0.1) is 5.75 Å². The van der Waals surface area contributed by atoms with Gasteiger partial charge in [0.2, 0.25) is 5.91 Å². The number of nitrogens with one attached hydrogen (secondary N) is 1. The molecule has 0 aliphatic heterocycles. The van der Waals surface area contributed by atoms with E-state index in [0.717, 1.165) is 21.4 Å². The Hall–Kier alpha value is -1.53. The van der Waals surface area contributed by atoms with Crippen LogP contribution in [-0.2, 0) is 4.79 Å². The lowest BCUT2D eigenvalue weighted by Crippen LogP contribution is -2.33. The Morgan fingerprint density at radius 1 is 1.26 bits per heavy atom. The molecule has 122 valence electrons. The maximum Gasteiger partial charge on any atom is 0.230 e. The van der Waals surface area contributed by atoms with Crippen LogP contribution in [0.15, 0.2) is 51.6 Å². The van der Waals surface area contributed by atoms with Crippen molar-refractivity contribution in [3.05, 3.63) is 42.2 Å². The molecule has 2 rings (SSSR count). The van der Waals surface area contributed by atoms with Crippen molar-refractivity contribution in [1.82, 2.24) is 15.3 Å². The summed E-state index contributed by atoms with van der Waals surface area (Å²) >= 11 is 3.00. The molecule has 0 fully saturated rings. The molecule has 1 aromatic carbocycles. The highest BCUT2D eigenvalue weighted by atomic mass is 32.2. The molecule has 0 saturated heterocycles. The quantitative estimate of drug-likeness (QED) is 0.769.